The standard InChI is InChI=1S/C16H17BrN2O/c1-2-5-11-6-3-4-7-15(11)19-16(20)12-8-9-13(17)14(18)10-12/h3-4,6-10H,2,5,18H2,1H3,(H,19,20). The van der Waals surface area contributed by atoms with Gasteiger partial charge in [-0.05, 0) is 52.2 Å². The van der Waals surface area contributed by atoms with Crippen LogP contribution in [0.15, 0.2) is 46.9 Å². The minimum absolute atomic E-state index is 0.146. The minimum atomic E-state index is -0.146. The fraction of sp³-hybridized carbons (Fsp3) is 0.188. The largest absolute Gasteiger partial charge is 0.398 e. The maximum Gasteiger partial charge on any atom is 0.255 e. The molecule has 0 atom stereocenters. The van der Waals surface area contributed by atoms with E-state index in [1.807, 2.05) is 24.3 Å². The number of rotatable bonds is 4. The van der Waals surface area contributed by atoms with Gasteiger partial charge < -0.3 is 11.1 Å². The molecule has 0 heterocycles. The number of benzene rings is 2. The summed E-state index contributed by atoms with van der Waals surface area (Å²) >= 11 is 3.32. The first-order valence-corrected chi connectivity index (χ1v) is 7.35. The summed E-state index contributed by atoms with van der Waals surface area (Å²) in [6.45, 7) is 2.12. The van der Waals surface area contributed by atoms with Gasteiger partial charge >= 0.3 is 0 Å². The Morgan fingerprint density at radius 1 is 1.25 bits per heavy atom. The molecule has 3 nitrogen and oxygen atoms in total. The lowest BCUT2D eigenvalue weighted by Gasteiger charge is -2.11. The number of aryl methyl sites for hydroxylation is 1. The second kappa shape index (κ2) is 6.57. The molecule has 2 rings (SSSR count). The van der Waals surface area contributed by atoms with Crippen molar-refractivity contribution < 1.29 is 4.79 Å². The van der Waals surface area contributed by atoms with Gasteiger partial charge in [0.1, 0.15) is 0 Å². The van der Waals surface area contributed by atoms with Gasteiger partial charge in [-0.1, -0.05) is 31.5 Å². The van der Waals surface area contributed by atoms with Gasteiger partial charge in [0.15, 0.2) is 0 Å². The average molecular weight is 333 g/mol. The molecule has 3 N–H and O–H groups in total. The van der Waals surface area contributed by atoms with Crippen molar-refractivity contribution in [1.82, 2.24) is 0 Å². The lowest BCUT2D eigenvalue weighted by molar-refractivity contribution is 0.102. The van der Waals surface area contributed by atoms with Gasteiger partial charge in [-0.15, -0.1) is 0 Å². The van der Waals surface area contributed by atoms with Gasteiger partial charge in [0.25, 0.3) is 5.91 Å². The number of hydrogen-bond acceptors (Lipinski definition) is 2. The number of nitrogen functional groups attached to an aromatic ring is 1. The van der Waals surface area contributed by atoms with Crippen LogP contribution in [0.3, 0.4) is 0 Å². The van der Waals surface area contributed by atoms with Crippen LogP contribution in [0.25, 0.3) is 0 Å². The third kappa shape index (κ3) is 3.39. The van der Waals surface area contributed by atoms with Gasteiger partial charge in [-0.2, -0.15) is 0 Å². The summed E-state index contributed by atoms with van der Waals surface area (Å²) in [5.74, 6) is -0.146. The maximum atomic E-state index is 12.3. The molecule has 4 heteroatoms. The zero-order valence-corrected chi connectivity index (χ0v) is 12.9. The van der Waals surface area contributed by atoms with Crippen molar-refractivity contribution in [1.29, 1.82) is 0 Å². The molecule has 0 spiro atoms. The van der Waals surface area contributed by atoms with Crippen LogP contribution < -0.4 is 11.1 Å². The number of amides is 1. The molecular formula is C16H17BrN2O. The van der Waals surface area contributed by atoms with Gasteiger partial charge in [-0.3, -0.25) is 4.79 Å². The van der Waals surface area contributed by atoms with Crippen molar-refractivity contribution in [2.24, 2.45) is 0 Å². The molecule has 0 radical (unpaired) electrons. The summed E-state index contributed by atoms with van der Waals surface area (Å²) in [6.07, 6.45) is 1.98. The van der Waals surface area contributed by atoms with Crippen LogP contribution in [0.4, 0.5) is 11.4 Å². The summed E-state index contributed by atoms with van der Waals surface area (Å²) in [6, 6.07) is 13.1. The van der Waals surface area contributed by atoms with E-state index >= 15 is 0 Å². The van der Waals surface area contributed by atoms with Crippen molar-refractivity contribution in [3.8, 4) is 0 Å². The fourth-order valence-corrected chi connectivity index (χ4v) is 2.26. The third-order valence-electron chi connectivity index (χ3n) is 3.04. The number of hydrogen-bond donors (Lipinski definition) is 2. The number of anilines is 2. The van der Waals surface area contributed by atoms with Crippen LogP contribution in [-0.4, -0.2) is 5.91 Å². The molecule has 0 unspecified atom stereocenters. The normalized spacial score (nSPS) is 10.3. The monoisotopic (exact) mass is 332 g/mol. The average Bonchev–Trinajstić information content (AvgIpc) is 2.44. The molecule has 0 aliphatic rings. The smallest absolute Gasteiger partial charge is 0.255 e. The van der Waals surface area contributed by atoms with E-state index in [0.29, 0.717) is 11.3 Å². The molecule has 0 saturated carbocycles. The van der Waals surface area contributed by atoms with E-state index in [1.165, 1.54) is 0 Å². The summed E-state index contributed by atoms with van der Waals surface area (Å²) in [5.41, 5.74) is 8.92. The van der Waals surface area contributed by atoms with Crippen molar-refractivity contribution in [3.63, 3.8) is 0 Å². The van der Waals surface area contributed by atoms with Gasteiger partial charge in [0.2, 0.25) is 0 Å². The highest BCUT2D eigenvalue weighted by molar-refractivity contribution is 9.10. The van der Waals surface area contributed by atoms with Crippen LogP contribution in [0.2, 0.25) is 0 Å². The fourth-order valence-electron chi connectivity index (χ4n) is 2.01. The predicted octanol–water partition coefficient (Wildman–Crippen LogP) is 4.24. The van der Waals surface area contributed by atoms with E-state index in [-0.39, 0.29) is 5.91 Å². The molecule has 2 aromatic rings. The topological polar surface area (TPSA) is 55.1 Å². The van der Waals surface area contributed by atoms with Crippen LogP contribution >= 0.6 is 15.9 Å². The summed E-state index contributed by atoms with van der Waals surface area (Å²) in [7, 11) is 0. The van der Waals surface area contributed by atoms with E-state index in [0.717, 1.165) is 28.6 Å². The Hall–Kier alpha value is -1.81. The van der Waals surface area contributed by atoms with Crippen LogP contribution in [0.5, 0.6) is 0 Å². The maximum absolute atomic E-state index is 12.3. The summed E-state index contributed by atoms with van der Waals surface area (Å²) in [5, 5.41) is 2.95. The predicted molar refractivity (Wildman–Crippen MR) is 86.9 cm³/mol. The number of halogens is 1. The van der Waals surface area contributed by atoms with Crippen molar-refractivity contribution >= 4 is 33.2 Å². The lowest BCUT2D eigenvalue weighted by Crippen LogP contribution is -2.13. The zero-order valence-electron chi connectivity index (χ0n) is 11.3. The van der Waals surface area contributed by atoms with Crippen molar-refractivity contribution in [2.45, 2.75) is 19.8 Å². The molecule has 0 fully saturated rings. The molecule has 0 bridgehead atoms. The Balaban J connectivity index is 2.21. The Morgan fingerprint density at radius 3 is 2.70 bits per heavy atom. The highest BCUT2D eigenvalue weighted by Gasteiger charge is 2.09. The van der Waals surface area contributed by atoms with E-state index in [1.54, 1.807) is 18.2 Å². The SMILES string of the molecule is CCCc1ccccc1NC(=O)c1ccc(Br)c(N)c1. The first-order valence-electron chi connectivity index (χ1n) is 6.56. The summed E-state index contributed by atoms with van der Waals surface area (Å²) in [4.78, 5) is 12.3. The van der Waals surface area contributed by atoms with Crippen LogP contribution in [0.1, 0.15) is 29.3 Å². The Bertz CT molecular complexity index is 626. The molecule has 0 aromatic heterocycles. The Kier molecular flexibility index (Phi) is 4.79. The van der Waals surface area contributed by atoms with E-state index < -0.39 is 0 Å². The minimum Gasteiger partial charge on any atom is -0.398 e. The zero-order chi connectivity index (χ0) is 14.5. The molecular weight excluding hydrogens is 316 g/mol. The highest BCUT2D eigenvalue weighted by atomic mass is 79.9. The molecule has 104 valence electrons. The molecule has 20 heavy (non-hydrogen) atoms. The Labute approximate surface area is 127 Å². The number of carbonyl (C=O) groups excluding carboxylic acids is 1. The van der Waals surface area contributed by atoms with E-state index in [9.17, 15) is 4.79 Å². The number of nitrogens with one attached hydrogen (secondary N) is 1. The molecule has 0 saturated heterocycles. The first-order chi connectivity index (χ1) is 9.61. The number of para-hydroxylation sites is 1. The molecule has 0 aliphatic heterocycles. The number of carbonyl (C=O) groups is 1. The highest BCUT2D eigenvalue weighted by Crippen LogP contribution is 2.22. The van der Waals surface area contributed by atoms with Gasteiger partial charge in [-0.25, -0.2) is 0 Å². The molecule has 1 amide bonds. The van der Waals surface area contributed by atoms with Crippen molar-refractivity contribution in [3.05, 3.63) is 58.1 Å². The van der Waals surface area contributed by atoms with E-state index in [4.69, 9.17) is 5.73 Å². The van der Waals surface area contributed by atoms with Gasteiger partial charge in [0.05, 0.1) is 0 Å². The van der Waals surface area contributed by atoms with Crippen LogP contribution in [-0.2, 0) is 6.42 Å². The van der Waals surface area contributed by atoms with Crippen LogP contribution in [0, 0.1) is 0 Å². The lowest BCUT2D eigenvalue weighted by atomic mass is 10.1. The molecule has 2 aromatic carbocycles. The Morgan fingerprint density at radius 2 is 2.00 bits per heavy atom. The third-order valence-corrected chi connectivity index (χ3v) is 3.77. The second-order valence-corrected chi connectivity index (χ2v) is 5.45. The number of nitrogens with two attached hydrogens (primary N) is 1. The quantitative estimate of drug-likeness (QED) is 0.823. The van der Waals surface area contributed by atoms with Crippen molar-refractivity contribution in [2.75, 3.05) is 11.1 Å². The second-order valence-electron chi connectivity index (χ2n) is 4.60. The van der Waals surface area contributed by atoms with E-state index in [2.05, 4.69) is 28.2 Å². The van der Waals surface area contributed by atoms with Gasteiger partial charge in [0, 0.05) is 21.4 Å². The first kappa shape index (κ1) is 14.6. The molecule has 0 aliphatic carbocycles. The summed E-state index contributed by atoms with van der Waals surface area (Å²) < 4.78 is 0.792.